The molecule has 2 N–H and O–H groups in total. The van der Waals surface area contributed by atoms with Crippen LogP contribution in [0.3, 0.4) is 0 Å². The fourth-order valence-electron chi connectivity index (χ4n) is 3.36. The van der Waals surface area contributed by atoms with Crippen LogP contribution in [-0.4, -0.2) is 51.5 Å². The highest BCUT2D eigenvalue weighted by atomic mass is 16.5. The summed E-state index contributed by atoms with van der Waals surface area (Å²) in [4.78, 5) is 31.8. The monoisotopic (exact) mass is 307 g/mol. The van der Waals surface area contributed by atoms with E-state index >= 15 is 0 Å². The number of aromatic nitrogens is 2. The first-order valence-electron chi connectivity index (χ1n) is 7.71. The van der Waals surface area contributed by atoms with Crippen molar-refractivity contribution in [2.75, 3.05) is 19.6 Å². The molecule has 0 radical (unpaired) electrons. The normalized spacial score (nSPS) is 25.5. The van der Waals surface area contributed by atoms with Gasteiger partial charge in [-0.05, 0) is 25.7 Å². The quantitative estimate of drug-likeness (QED) is 0.871. The average Bonchev–Trinajstić information content (AvgIpc) is 3.15. The summed E-state index contributed by atoms with van der Waals surface area (Å²) in [5, 5.41) is 3.95. The molecule has 1 aromatic rings. The number of nitrogens with two attached hydrogens (primary N) is 1. The molecule has 22 heavy (non-hydrogen) atoms. The molecule has 0 spiro atoms. The molecule has 2 fully saturated rings. The number of primary amides is 1. The second-order valence-electron chi connectivity index (χ2n) is 5.98. The molecule has 2 aliphatic rings. The van der Waals surface area contributed by atoms with E-state index in [9.17, 15) is 9.59 Å². The van der Waals surface area contributed by atoms with Crippen LogP contribution in [0.4, 0.5) is 4.79 Å². The fourth-order valence-corrected chi connectivity index (χ4v) is 3.36. The molecule has 0 bridgehead atoms. The Hall–Kier alpha value is -2.12. The van der Waals surface area contributed by atoms with Crippen LogP contribution in [0.15, 0.2) is 4.52 Å². The largest absolute Gasteiger partial charge is 0.351 e. The lowest BCUT2D eigenvalue weighted by atomic mass is 9.96. The first-order valence-corrected chi connectivity index (χ1v) is 7.71. The van der Waals surface area contributed by atoms with Crippen molar-refractivity contribution in [1.29, 1.82) is 0 Å². The van der Waals surface area contributed by atoms with Gasteiger partial charge in [0.25, 0.3) is 0 Å². The SMILES string of the molecule is Cc1nc([C@H]2CCCN2C(=O)[C@H]2CCCN(C(N)=O)C2)no1. The van der Waals surface area contributed by atoms with E-state index in [0.717, 1.165) is 25.7 Å². The highest BCUT2D eigenvalue weighted by molar-refractivity contribution is 5.81. The molecule has 8 heteroatoms. The second kappa shape index (κ2) is 5.94. The van der Waals surface area contributed by atoms with Gasteiger partial charge in [-0.15, -0.1) is 0 Å². The summed E-state index contributed by atoms with van der Waals surface area (Å²) in [5.74, 6) is 0.962. The van der Waals surface area contributed by atoms with Gasteiger partial charge in [-0.2, -0.15) is 4.98 Å². The molecule has 3 rings (SSSR count). The number of piperidine rings is 1. The second-order valence-corrected chi connectivity index (χ2v) is 5.98. The number of hydrogen-bond donors (Lipinski definition) is 1. The Morgan fingerprint density at radius 2 is 2.05 bits per heavy atom. The summed E-state index contributed by atoms with van der Waals surface area (Å²) in [6.45, 7) is 3.48. The Morgan fingerprint density at radius 1 is 1.27 bits per heavy atom. The van der Waals surface area contributed by atoms with E-state index < -0.39 is 6.03 Å². The standard InChI is InChI=1S/C14H21N5O3/c1-9-16-12(17-22-9)11-5-3-7-19(11)13(20)10-4-2-6-18(8-10)14(15)21/h10-11H,2-8H2,1H3,(H2,15,21)/t10-,11+/m0/s1. The van der Waals surface area contributed by atoms with Gasteiger partial charge in [0.2, 0.25) is 11.8 Å². The van der Waals surface area contributed by atoms with Crippen LogP contribution in [0, 0.1) is 12.8 Å². The first kappa shape index (κ1) is 14.8. The van der Waals surface area contributed by atoms with Crippen LogP contribution in [-0.2, 0) is 4.79 Å². The van der Waals surface area contributed by atoms with E-state index in [0.29, 0.717) is 31.3 Å². The molecule has 120 valence electrons. The number of likely N-dealkylation sites (tertiary alicyclic amines) is 2. The zero-order valence-electron chi connectivity index (χ0n) is 12.7. The van der Waals surface area contributed by atoms with Crippen molar-refractivity contribution in [1.82, 2.24) is 19.9 Å². The summed E-state index contributed by atoms with van der Waals surface area (Å²) >= 11 is 0. The number of nitrogens with zero attached hydrogens (tertiary/aromatic N) is 4. The predicted octanol–water partition coefficient (Wildman–Crippen LogP) is 0.832. The lowest BCUT2D eigenvalue weighted by Crippen LogP contribution is -2.48. The minimum atomic E-state index is -0.454. The summed E-state index contributed by atoms with van der Waals surface area (Å²) in [6.07, 6.45) is 3.36. The van der Waals surface area contributed by atoms with Gasteiger partial charge in [-0.25, -0.2) is 4.79 Å². The highest BCUT2D eigenvalue weighted by Gasteiger charge is 2.38. The van der Waals surface area contributed by atoms with Gasteiger partial charge in [0, 0.05) is 26.6 Å². The zero-order chi connectivity index (χ0) is 15.7. The molecule has 8 nitrogen and oxygen atoms in total. The minimum absolute atomic E-state index is 0.0657. The molecular weight excluding hydrogens is 286 g/mol. The van der Waals surface area contributed by atoms with Gasteiger partial charge in [0.15, 0.2) is 5.82 Å². The van der Waals surface area contributed by atoms with Crippen LogP contribution >= 0.6 is 0 Å². The molecule has 0 aliphatic carbocycles. The van der Waals surface area contributed by atoms with E-state index in [4.69, 9.17) is 10.3 Å². The van der Waals surface area contributed by atoms with Gasteiger partial charge < -0.3 is 20.1 Å². The predicted molar refractivity (Wildman–Crippen MR) is 76.6 cm³/mol. The lowest BCUT2D eigenvalue weighted by Gasteiger charge is -2.34. The van der Waals surface area contributed by atoms with Crippen molar-refractivity contribution in [2.45, 2.75) is 38.6 Å². The van der Waals surface area contributed by atoms with Crippen molar-refractivity contribution >= 4 is 11.9 Å². The number of rotatable bonds is 2. The molecular formula is C14H21N5O3. The van der Waals surface area contributed by atoms with E-state index in [1.54, 1.807) is 11.8 Å². The van der Waals surface area contributed by atoms with E-state index in [1.165, 1.54) is 0 Å². The molecule has 2 saturated heterocycles. The van der Waals surface area contributed by atoms with Gasteiger partial charge in [0.05, 0.1) is 12.0 Å². The summed E-state index contributed by atoms with van der Waals surface area (Å²) < 4.78 is 5.03. The smallest absolute Gasteiger partial charge is 0.314 e. The topological polar surface area (TPSA) is 106 Å². The summed E-state index contributed by atoms with van der Waals surface area (Å²) in [7, 11) is 0. The van der Waals surface area contributed by atoms with Gasteiger partial charge >= 0.3 is 6.03 Å². The van der Waals surface area contributed by atoms with Crippen molar-refractivity contribution in [2.24, 2.45) is 11.7 Å². The first-order chi connectivity index (χ1) is 10.6. The summed E-state index contributed by atoms with van der Waals surface area (Å²) in [5.41, 5.74) is 5.33. The van der Waals surface area contributed by atoms with E-state index in [2.05, 4.69) is 10.1 Å². The molecule has 0 aromatic carbocycles. The molecule has 2 atom stereocenters. The van der Waals surface area contributed by atoms with Gasteiger partial charge in [-0.3, -0.25) is 4.79 Å². The number of amides is 3. The maximum atomic E-state index is 12.8. The molecule has 2 aliphatic heterocycles. The number of carbonyl (C=O) groups is 2. The molecule has 0 saturated carbocycles. The Bertz CT molecular complexity index is 573. The molecule has 3 heterocycles. The Kier molecular flexibility index (Phi) is 4.00. The van der Waals surface area contributed by atoms with Crippen LogP contribution in [0.2, 0.25) is 0 Å². The summed E-state index contributed by atoms with van der Waals surface area (Å²) in [6, 6.07) is -0.571. The van der Waals surface area contributed by atoms with E-state index in [-0.39, 0.29) is 17.9 Å². The molecule has 1 aromatic heterocycles. The van der Waals surface area contributed by atoms with Crippen molar-refractivity contribution in [3.8, 4) is 0 Å². The van der Waals surface area contributed by atoms with Crippen LogP contribution < -0.4 is 5.73 Å². The maximum absolute atomic E-state index is 12.8. The zero-order valence-corrected chi connectivity index (χ0v) is 12.7. The fraction of sp³-hybridized carbons (Fsp3) is 0.714. The van der Waals surface area contributed by atoms with Gasteiger partial charge in [-0.1, -0.05) is 5.16 Å². The number of hydrogen-bond acceptors (Lipinski definition) is 5. The highest BCUT2D eigenvalue weighted by Crippen LogP contribution is 2.32. The maximum Gasteiger partial charge on any atom is 0.314 e. The molecule has 3 amide bonds. The van der Waals surface area contributed by atoms with Gasteiger partial charge in [0.1, 0.15) is 0 Å². The Balaban J connectivity index is 1.72. The number of aryl methyl sites for hydroxylation is 1. The van der Waals surface area contributed by atoms with Crippen molar-refractivity contribution < 1.29 is 14.1 Å². The Labute approximate surface area is 128 Å². The van der Waals surface area contributed by atoms with E-state index in [1.807, 2.05) is 4.90 Å². The molecule has 0 unspecified atom stereocenters. The minimum Gasteiger partial charge on any atom is -0.351 e. The third-order valence-corrected chi connectivity index (χ3v) is 4.46. The number of urea groups is 1. The van der Waals surface area contributed by atoms with Crippen molar-refractivity contribution in [3.05, 3.63) is 11.7 Å². The van der Waals surface area contributed by atoms with Crippen LogP contribution in [0.1, 0.15) is 43.4 Å². The lowest BCUT2D eigenvalue weighted by molar-refractivity contribution is -0.138. The average molecular weight is 307 g/mol. The van der Waals surface area contributed by atoms with Crippen LogP contribution in [0.5, 0.6) is 0 Å². The number of carbonyl (C=O) groups excluding carboxylic acids is 2. The van der Waals surface area contributed by atoms with Crippen LogP contribution in [0.25, 0.3) is 0 Å². The third kappa shape index (κ3) is 2.77. The van der Waals surface area contributed by atoms with Crippen molar-refractivity contribution in [3.63, 3.8) is 0 Å². The third-order valence-electron chi connectivity index (χ3n) is 4.46. The Morgan fingerprint density at radius 3 is 2.73 bits per heavy atom.